The largest absolute Gasteiger partial charge is 0.465 e. The van der Waals surface area contributed by atoms with E-state index in [0.29, 0.717) is 11.3 Å². The van der Waals surface area contributed by atoms with Crippen molar-refractivity contribution >= 4 is 58.3 Å². The van der Waals surface area contributed by atoms with Gasteiger partial charge in [-0.3, -0.25) is 4.79 Å². The van der Waals surface area contributed by atoms with Crippen LogP contribution in [0.1, 0.15) is 31.1 Å². The van der Waals surface area contributed by atoms with E-state index in [2.05, 4.69) is 10.1 Å². The van der Waals surface area contributed by atoms with Crippen LogP contribution in [0.15, 0.2) is 58.1 Å². The van der Waals surface area contributed by atoms with Crippen molar-refractivity contribution in [3.05, 3.63) is 74.7 Å². The SMILES string of the molecule is COC(=O)c1ccc(NC(=O)c2ccccc2C(=O)OCC(Cl)=C(Cl)Cl)cc1. The summed E-state index contributed by atoms with van der Waals surface area (Å²) < 4.78 is 9.42. The van der Waals surface area contributed by atoms with Gasteiger partial charge in [-0.2, -0.15) is 0 Å². The Balaban J connectivity index is 2.15. The van der Waals surface area contributed by atoms with Gasteiger partial charge in [0.25, 0.3) is 5.91 Å². The van der Waals surface area contributed by atoms with Gasteiger partial charge in [-0.25, -0.2) is 9.59 Å². The molecule has 1 amide bonds. The lowest BCUT2D eigenvalue weighted by atomic mass is 10.1. The molecule has 0 aliphatic rings. The molecule has 9 heteroatoms. The summed E-state index contributed by atoms with van der Waals surface area (Å²) in [6.07, 6.45) is 0. The first kappa shape index (κ1) is 21.8. The molecule has 0 saturated carbocycles. The molecule has 2 rings (SSSR count). The Hall–Kier alpha value is -2.54. The number of halogens is 3. The number of carbonyl (C=O) groups is 3. The van der Waals surface area contributed by atoms with E-state index in [9.17, 15) is 14.4 Å². The lowest BCUT2D eigenvalue weighted by Crippen LogP contribution is -2.18. The monoisotopic (exact) mass is 441 g/mol. The first-order valence-electron chi connectivity index (χ1n) is 7.79. The smallest absolute Gasteiger partial charge is 0.339 e. The second-order valence-corrected chi connectivity index (χ2v) is 6.72. The third kappa shape index (κ3) is 5.73. The minimum absolute atomic E-state index is 0.0377. The van der Waals surface area contributed by atoms with Crippen molar-refractivity contribution in [2.24, 2.45) is 0 Å². The van der Waals surface area contributed by atoms with E-state index in [4.69, 9.17) is 39.5 Å². The van der Waals surface area contributed by atoms with Crippen LogP contribution < -0.4 is 5.32 Å². The average molecular weight is 443 g/mol. The maximum Gasteiger partial charge on any atom is 0.339 e. The zero-order valence-electron chi connectivity index (χ0n) is 14.5. The molecule has 0 aromatic heterocycles. The summed E-state index contributed by atoms with van der Waals surface area (Å²) in [7, 11) is 1.28. The van der Waals surface area contributed by atoms with Gasteiger partial charge in [0.15, 0.2) is 0 Å². The Morgan fingerprint density at radius 3 is 2.07 bits per heavy atom. The van der Waals surface area contributed by atoms with E-state index in [1.54, 1.807) is 12.1 Å². The molecule has 0 bridgehead atoms. The standard InChI is InChI=1S/C19H14Cl3NO5/c1-27-18(25)11-6-8-12(9-7-11)23-17(24)13-4-2-3-5-14(13)19(26)28-10-15(20)16(21)22/h2-9H,10H2,1H3,(H,23,24). The van der Waals surface area contributed by atoms with Gasteiger partial charge in [0, 0.05) is 5.69 Å². The average Bonchev–Trinajstić information content (AvgIpc) is 2.71. The normalized spacial score (nSPS) is 10.0. The number of rotatable bonds is 6. The summed E-state index contributed by atoms with van der Waals surface area (Å²) in [6.45, 7) is -0.326. The van der Waals surface area contributed by atoms with E-state index in [1.165, 1.54) is 43.5 Å². The lowest BCUT2D eigenvalue weighted by Gasteiger charge is -2.10. The Morgan fingerprint density at radius 2 is 1.50 bits per heavy atom. The number of amides is 1. The Bertz CT molecular complexity index is 921. The van der Waals surface area contributed by atoms with Crippen LogP contribution in [0.3, 0.4) is 0 Å². The fourth-order valence-corrected chi connectivity index (χ4v) is 2.29. The predicted molar refractivity (Wildman–Crippen MR) is 107 cm³/mol. The number of anilines is 1. The van der Waals surface area contributed by atoms with Crippen LogP contribution in [-0.2, 0) is 9.47 Å². The van der Waals surface area contributed by atoms with E-state index >= 15 is 0 Å². The van der Waals surface area contributed by atoms with Gasteiger partial charge < -0.3 is 14.8 Å². The van der Waals surface area contributed by atoms with Crippen LogP contribution in [-0.4, -0.2) is 31.6 Å². The number of carbonyl (C=O) groups excluding carboxylic acids is 3. The Kier molecular flexibility index (Phi) is 7.87. The van der Waals surface area contributed by atoms with Gasteiger partial charge in [0.2, 0.25) is 0 Å². The second-order valence-electron chi connectivity index (χ2n) is 5.31. The van der Waals surface area contributed by atoms with Crippen molar-refractivity contribution in [3.8, 4) is 0 Å². The van der Waals surface area contributed by atoms with Gasteiger partial charge in [-0.1, -0.05) is 46.9 Å². The number of esters is 2. The summed E-state index contributed by atoms with van der Waals surface area (Å²) in [6, 6.07) is 12.2. The van der Waals surface area contributed by atoms with E-state index < -0.39 is 17.8 Å². The molecule has 0 fully saturated rings. The molecule has 0 saturated heterocycles. The highest BCUT2D eigenvalue weighted by Crippen LogP contribution is 2.19. The molecule has 0 spiro atoms. The Labute approximate surface area is 176 Å². The molecule has 28 heavy (non-hydrogen) atoms. The van der Waals surface area contributed by atoms with Crippen LogP contribution in [0.25, 0.3) is 0 Å². The van der Waals surface area contributed by atoms with Gasteiger partial charge in [0.05, 0.1) is 28.8 Å². The number of hydrogen-bond acceptors (Lipinski definition) is 5. The van der Waals surface area contributed by atoms with Crippen LogP contribution in [0.2, 0.25) is 0 Å². The van der Waals surface area contributed by atoms with Crippen molar-refractivity contribution < 1.29 is 23.9 Å². The van der Waals surface area contributed by atoms with Crippen molar-refractivity contribution in [3.63, 3.8) is 0 Å². The maximum atomic E-state index is 12.6. The van der Waals surface area contributed by atoms with Gasteiger partial charge in [-0.05, 0) is 36.4 Å². The minimum atomic E-state index is -0.764. The van der Waals surface area contributed by atoms with E-state index in [1.807, 2.05) is 0 Å². The third-order valence-corrected chi connectivity index (χ3v) is 4.44. The third-order valence-electron chi connectivity index (χ3n) is 3.49. The summed E-state index contributed by atoms with van der Waals surface area (Å²) >= 11 is 16.7. The molecule has 6 nitrogen and oxygen atoms in total. The summed E-state index contributed by atoms with van der Waals surface area (Å²) in [5.74, 6) is -1.79. The van der Waals surface area contributed by atoms with Crippen LogP contribution in [0.4, 0.5) is 5.69 Å². The first-order chi connectivity index (χ1) is 13.3. The molecule has 0 unspecified atom stereocenters. The number of hydrogen-bond donors (Lipinski definition) is 1. The molecule has 0 aliphatic carbocycles. The molecule has 146 valence electrons. The first-order valence-corrected chi connectivity index (χ1v) is 8.92. The van der Waals surface area contributed by atoms with Crippen LogP contribution in [0.5, 0.6) is 0 Å². The highest BCUT2D eigenvalue weighted by Gasteiger charge is 2.18. The van der Waals surface area contributed by atoms with Gasteiger partial charge in [-0.15, -0.1) is 0 Å². The van der Waals surface area contributed by atoms with Crippen LogP contribution in [0, 0.1) is 0 Å². The van der Waals surface area contributed by atoms with Crippen molar-refractivity contribution in [1.82, 2.24) is 0 Å². The van der Waals surface area contributed by atoms with E-state index in [-0.39, 0.29) is 27.3 Å². The molecular formula is C19H14Cl3NO5. The highest BCUT2D eigenvalue weighted by molar-refractivity contribution is 6.59. The van der Waals surface area contributed by atoms with Gasteiger partial charge >= 0.3 is 11.9 Å². The quantitative estimate of drug-likeness (QED) is 0.652. The van der Waals surface area contributed by atoms with Crippen molar-refractivity contribution in [2.75, 3.05) is 19.0 Å². The maximum absolute atomic E-state index is 12.6. The zero-order valence-corrected chi connectivity index (χ0v) is 16.8. The van der Waals surface area contributed by atoms with E-state index in [0.717, 1.165) is 0 Å². The number of nitrogens with one attached hydrogen (secondary N) is 1. The fourth-order valence-electron chi connectivity index (χ4n) is 2.13. The molecule has 0 radical (unpaired) electrons. The lowest BCUT2D eigenvalue weighted by molar-refractivity contribution is 0.0541. The number of ether oxygens (including phenoxy) is 2. The Morgan fingerprint density at radius 1 is 0.893 bits per heavy atom. The second kappa shape index (κ2) is 10.1. The molecule has 1 N–H and O–H groups in total. The highest BCUT2D eigenvalue weighted by atomic mass is 35.5. The molecule has 0 heterocycles. The summed E-state index contributed by atoms with van der Waals surface area (Å²) in [4.78, 5) is 36.3. The molecule has 0 aliphatic heterocycles. The number of methoxy groups -OCH3 is 1. The molecule has 2 aromatic carbocycles. The summed E-state index contributed by atoms with van der Waals surface area (Å²) in [5.41, 5.74) is 0.913. The summed E-state index contributed by atoms with van der Waals surface area (Å²) in [5, 5.41) is 2.61. The minimum Gasteiger partial charge on any atom is -0.465 e. The fraction of sp³-hybridized carbons (Fsp3) is 0.105. The number of benzene rings is 2. The molecule has 0 atom stereocenters. The molecule has 2 aromatic rings. The zero-order chi connectivity index (χ0) is 20.7. The topological polar surface area (TPSA) is 81.7 Å². The van der Waals surface area contributed by atoms with Crippen molar-refractivity contribution in [2.45, 2.75) is 0 Å². The van der Waals surface area contributed by atoms with Gasteiger partial charge in [0.1, 0.15) is 11.1 Å². The van der Waals surface area contributed by atoms with Crippen LogP contribution >= 0.6 is 34.8 Å². The molecular weight excluding hydrogens is 429 g/mol. The predicted octanol–water partition coefficient (Wildman–Crippen LogP) is 4.77. The van der Waals surface area contributed by atoms with Crippen molar-refractivity contribution in [1.29, 1.82) is 0 Å².